The van der Waals surface area contributed by atoms with E-state index in [-0.39, 0.29) is 17.9 Å². The van der Waals surface area contributed by atoms with Gasteiger partial charge in [0, 0.05) is 44.2 Å². The number of carbonyl (C=O) groups is 2. The molecule has 0 spiro atoms. The fraction of sp³-hybridized carbons (Fsp3) is 0.348. The lowest BCUT2D eigenvalue weighted by atomic mass is 10.0. The van der Waals surface area contributed by atoms with Crippen LogP contribution < -0.4 is 4.74 Å². The first kappa shape index (κ1) is 19.4. The van der Waals surface area contributed by atoms with Crippen LogP contribution in [0.1, 0.15) is 30.3 Å². The van der Waals surface area contributed by atoms with Gasteiger partial charge in [-0.15, -0.1) is 0 Å². The number of ether oxygens (including phenoxy) is 1. The maximum absolute atomic E-state index is 12.7. The summed E-state index contributed by atoms with van der Waals surface area (Å²) in [7, 11) is 0. The molecule has 1 aliphatic carbocycles. The molecule has 0 radical (unpaired) electrons. The van der Waals surface area contributed by atoms with Crippen LogP contribution in [0.15, 0.2) is 55.0 Å². The van der Waals surface area contributed by atoms with Gasteiger partial charge in [0.2, 0.25) is 0 Å². The van der Waals surface area contributed by atoms with E-state index < -0.39 is 0 Å². The van der Waals surface area contributed by atoms with Crippen LogP contribution in [-0.2, 0) is 0 Å². The molecule has 158 valence electrons. The van der Waals surface area contributed by atoms with E-state index in [1.165, 1.54) is 11.6 Å². The minimum Gasteiger partial charge on any atom is -0.490 e. The van der Waals surface area contributed by atoms with Gasteiger partial charge in [0.15, 0.2) is 11.6 Å². The molecule has 2 fully saturated rings. The fourth-order valence-electron chi connectivity index (χ4n) is 4.61. The molecule has 2 aromatic heterocycles. The molecule has 8 heteroatoms. The van der Waals surface area contributed by atoms with Crippen LogP contribution in [0.4, 0.5) is 4.79 Å². The Kier molecular flexibility index (Phi) is 4.97. The van der Waals surface area contributed by atoms with Crippen molar-refractivity contribution in [2.24, 2.45) is 11.8 Å². The number of Topliss-reactive ketones (excluding diaryl/α,β-unsaturated/α-hetero) is 1. The normalized spacial score (nSPS) is 22.4. The highest BCUT2D eigenvalue weighted by atomic mass is 16.5. The second kappa shape index (κ2) is 7.94. The van der Waals surface area contributed by atoms with Crippen molar-refractivity contribution in [3.05, 3.63) is 60.7 Å². The number of benzene rings is 1. The van der Waals surface area contributed by atoms with Crippen molar-refractivity contribution in [3.8, 4) is 17.1 Å². The van der Waals surface area contributed by atoms with E-state index in [4.69, 9.17) is 4.74 Å². The Balaban J connectivity index is 1.20. The summed E-state index contributed by atoms with van der Waals surface area (Å²) in [5.41, 5.74) is 1.24. The van der Waals surface area contributed by atoms with Crippen LogP contribution >= 0.6 is 0 Å². The van der Waals surface area contributed by atoms with Gasteiger partial charge in [0.05, 0.1) is 6.10 Å². The number of fused-ring (bicyclic) bond motifs is 1. The van der Waals surface area contributed by atoms with Gasteiger partial charge in [-0.1, -0.05) is 12.1 Å². The van der Waals surface area contributed by atoms with Crippen LogP contribution in [-0.4, -0.2) is 55.7 Å². The Morgan fingerprint density at radius 1 is 1.03 bits per heavy atom. The van der Waals surface area contributed by atoms with E-state index in [0.29, 0.717) is 36.4 Å². The van der Waals surface area contributed by atoms with Gasteiger partial charge in [0.1, 0.15) is 11.4 Å². The van der Waals surface area contributed by atoms with E-state index in [0.717, 1.165) is 24.2 Å². The van der Waals surface area contributed by atoms with E-state index in [2.05, 4.69) is 15.1 Å². The van der Waals surface area contributed by atoms with Crippen molar-refractivity contribution in [2.75, 3.05) is 13.1 Å². The second-order valence-electron chi connectivity index (χ2n) is 8.22. The molecular weight excluding hydrogens is 394 g/mol. The zero-order valence-corrected chi connectivity index (χ0v) is 17.2. The van der Waals surface area contributed by atoms with Gasteiger partial charge < -0.3 is 9.64 Å². The summed E-state index contributed by atoms with van der Waals surface area (Å²) in [6.07, 6.45) is 6.98. The molecule has 3 aromatic rings. The summed E-state index contributed by atoms with van der Waals surface area (Å²) in [5, 5.41) is 4.09. The molecule has 1 aromatic carbocycles. The van der Waals surface area contributed by atoms with Crippen molar-refractivity contribution < 1.29 is 14.3 Å². The van der Waals surface area contributed by atoms with Crippen LogP contribution in [0.25, 0.3) is 11.4 Å². The van der Waals surface area contributed by atoms with Crippen LogP contribution in [0.3, 0.4) is 0 Å². The van der Waals surface area contributed by atoms with Gasteiger partial charge in [-0.3, -0.25) is 4.79 Å². The third kappa shape index (κ3) is 3.93. The highest BCUT2D eigenvalue weighted by molar-refractivity contribution is 5.92. The molecule has 1 saturated heterocycles. The Labute approximate surface area is 179 Å². The summed E-state index contributed by atoms with van der Waals surface area (Å²) >= 11 is 0. The topological polar surface area (TPSA) is 90.2 Å². The molecule has 31 heavy (non-hydrogen) atoms. The molecule has 1 unspecified atom stereocenters. The Bertz CT molecular complexity index is 1100. The minimum atomic E-state index is -0.171. The van der Waals surface area contributed by atoms with E-state index in [1.54, 1.807) is 30.7 Å². The van der Waals surface area contributed by atoms with Crippen molar-refractivity contribution in [3.63, 3.8) is 0 Å². The summed E-state index contributed by atoms with van der Waals surface area (Å²) in [6, 6.07) is 11.1. The first-order valence-corrected chi connectivity index (χ1v) is 10.5. The van der Waals surface area contributed by atoms with Crippen LogP contribution in [0.2, 0.25) is 0 Å². The molecule has 2 aliphatic rings. The van der Waals surface area contributed by atoms with Crippen molar-refractivity contribution in [1.82, 2.24) is 24.6 Å². The third-order valence-corrected chi connectivity index (χ3v) is 6.08. The van der Waals surface area contributed by atoms with E-state index in [1.807, 2.05) is 29.2 Å². The Hall–Kier alpha value is -3.55. The molecule has 0 bridgehead atoms. The fourth-order valence-corrected chi connectivity index (χ4v) is 4.61. The monoisotopic (exact) mass is 417 g/mol. The number of ketones is 1. The summed E-state index contributed by atoms with van der Waals surface area (Å²) in [6.45, 7) is 2.83. The standard InChI is InChI=1S/C23H23N5O3/c1-15(29)21-6-9-28(26-21)23(30)27-13-17-11-20(12-18(17)14-27)31-19-5-2-4-16(10-19)22-24-7-3-8-25-22/h2-10,17-18,20H,11-14H2,1H3/t17-,18+,20?. The molecular formula is C23H23N5O3. The number of amides is 1. The number of carbonyl (C=O) groups excluding carboxylic acids is 2. The summed E-state index contributed by atoms with van der Waals surface area (Å²) in [4.78, 5) is 34.6. The highest BCUT2D eigenvalue weighted by Crippen LogP contribution is 2.40. The lowest BCUT2D eigenvalue weighted by Crippen LogP contribution is -2.34. The molecule has 0 N–H and O–H groups in total. The Morgan fingerprint density at radius 3 is 2.45 bits per heavy atom. The number of aromatic nitrogens is 4. The predicted molar refractivity (Wildman–Crippen MR) is 113 cm³/mol. The zero-order valence-electron chi connectivity index (χ0n) is 17.2. The minimum absolute atomic E-state index is 0.133. The summed E-state index contributed by atoms with van der Waals surface area (Å²) in [5.74, 6) is 2.18. The molecule has 1 amide bonds. The average Bonchev–Trinajstić information content (AvgIpc) is 3.49. The van der Waals surface area contributed by atoms with Crippen molar-refractivity contribution in [1.29, 1.82) is 0 Å². The van der Waals surface area contributed by atoms with Gasteiger partial charge in [0.25, 0.3) is 0 Å². The second-order valence-corrected chi connectivity index (χ2v) is 8.22. The summed E-state index contributed by atoms with van der Waals surface area (Å²) < 4.78 is 7.54. The number of hydrogen-bond acceptors (Lipinski definition) is 6. The van der Waals surface area contributed by atoms with E-state index >= 15 is 0 Å². The molecule has 3 atom stereocenters. The first-order chi connectivity index (χ1) is 15.1. The van der Waals surface area contributed by atoms with Gasteiger partial charge in [-0.05, 0) is 48.9 Å². The lowest BCUT2D eigenvalue weighted by molar-refractivity contribution is 0.101. The van der Waals surface area contributed by atoms with Crippen molar-refractivity contribution >= 4 is 11.8 Å². The number of likely N-dealkylation sites (tertiary alicyclic amines) is 1. The highest BCUT2D eigenvalue weighted by Gasteiger charge is 2.43. The maximum atomic E-state index is 12.7. The van der Waals surface area contributed by atoms with Crippen LogP contribution in [0.5, 0.6) is 5.75 Å². The number of rotatable bonds is 4. The SMILES string of the molecule is CC(=O)c1ccn(C(=O)N2C[C@H]3CC(Oc4cccc(-c5ncccn5)c4)C[C@H]3C2)n1. The molecule has 1 aliphatic heterocycles. The maximum Gasteiger partial charge on any atom is 0.344 e. The average molecular weight is 417 g/mol. The van der Waals surface area contributed by atoms with Crippen molar-refractivity contribution in [2.45, 2.75) is 25.9 Å². The quantitative estimate of drug-likeness (QED) is 0.605. The predicted octanol–water partition coefficient (Wildman–Crippen LogP) is 3.30. The number of hydrogen-bond donors (Lipinski definition) is 0. The smallest absolute Gasteiger partial charge is 0.344 e. The van der Waals surface area contributed by atoms with Gasteiger partial charge in [-0.2, -0.15) is 9.78 Å². The molecule has 3 heterocycles. The zero-order chi connectivity index (χ0) is 21.4. The Morgan fingerprint density at radius 2 is 1.77 bits per heavy atom. The molecule has 1 saturated carbocycles. The largest absolute Gasteiger partial charge is 0.490 e. The molecule has 5 rings (SSSR count). The first-order valence-electron chi connectivity index (χ1n) is 10.5. The van der Waals surface area contributed by atoms with Crippen LogP contribution in [0, 0.1) is 11.8 Å². The third-order valence-electron chi connectivity index (χ3n) is 6.08. The van der Waals surface area contributed by atoms with E-state index in [9.17, 15) is 9.59 Å². The van der Waals surface area contributed by atoms with Gasteiger partial charge in [-0.25, -0.2) is 14.8 Å². The molecule has 8 nitrogen and oxygen atoms in total. The van der Waals surface area contributed by atoms with Gasteiger partial charge >= 0.3 is 6.03 Å². The number of nitrogens with zero attached hydrogens (tertiary/aromatic N) is 5. The lowest BCUT2D eigenvalue weighted by Gasteiger charge is -2.20.